The standard InChI is InChI=1S/C7H7.3CH3O.Zr/c1-7-5-3-2-4-6-7;3*1-2;/h2-6H,1H2;3*1H3;/q;3*-1;+3. The normalized spacial score (nSPS) is 11.6. The van der Waals surface area contributed by atoms with Crippen LogP contribution in [-0.4, -0.2) is 21.3 Å². The summed E-state index contributed by atoms with van der Waals surface area (Å²) in [4.78, 5) is 0. The second-order valence-electron chi connectivity index (χ2n) is 2.96. The van der Waals surface area contributed by atoms with Crippen molar-refractivity contribution in [2.45, 2.75) is 4.13 Å². The molecule has 1 aromatic carbocycles. The van der Waals surface area contributed by atoms with Gasteiger partial charge in [-0.15, -0.1) is 0 Å². The Balaban J connectivity index is 2.74. The van der Waals surface area contributed by atoms with Crippen LogP contribution < -0.4 is 0 Å². The number of rotatable bonds is 5. The van der Waals surface area contributed by atoms with Crippen LogP contribution in [0.1, 0.15) is 5.56 Å². The molecule has 0 saturated heterocycles. The van der Waals surface area contributed by atoms with Gasteiger partial charge in [-0.05, 0) is 0 Å². The Morgan fingerprint density at radius 2 is 1.43 bits per heavy atom. The Kier molecular flexibility index (Phi) is 4.96. The summed E-state index contributed by atoms with van der Waals surface area (Å²) in [5.74, 6) is 0. The van der Waals surface area contributed by atoms with Crippen LogP contribution in [0.25, 0.3) is 0 Å². The molecule has 0 atom stereocenters. The summed E-state index contributed by atoms with van der Waals surface area (Å²) in [6, 6.07) is 10.1. The Morgan fingerprint density at radius 3 is 1.86 bits per heavy atom. The quantitative estimate of drug-likeness (QED) is 0.823. The van der Waals surface area contributed by atoms with Gasteiger partial charge in [0.05, 0.1) is 0 Å². The molecule has 0 aliphatic rings. The van der Waals surface area contributed by atoms with Crippen LogP contribution in [0.15, 0.2) is 30.3 Å². The van der Waals surface area contributed by atoms with E-state index in [-0.39, 0.29) is 0 Å². The zero-order valence-electron chi connectivity index (χ0n) is 8.82. The molecule has 0 fully saturated rings. The van der Waals surface area contributed by atoms with Gasteiger partial charge in [0.15, 0.2) is 0 Å². The molecular weight excluding hydrogens is 259 g/mol. The Morgan fingerprint density at radius 1 is 0.929 bits per heavy atom. The first kappa shape index (κ1) is 12.1. The third-order valence-electron chi connectivity index (χ3n) is 2.20. The van der Waals surface area contributed by atoms with Gasteiger partial charge in [-0.25, -0.2) is 0 Å². The average molecular weight is 275 g/mol. The predicted octanol–water partition coefficient (Wildman–Crippen LogP) is 2.02. The van der Waals surface area contributed by atoms with Crippen LogP contribution in [0.2, 0.25) is 0 Å². The van der Waals surface area contributed by atoms with Crippen molar-refractivity contribution in [3.63, 3.8) is 0 Å². The van der Waals surface area contributed by atoms with Crippen LogP contribution in [0.3, 0.4) is 0 Å². The van der Waals surface area contributed by atoms with E-state index in [0.29, 0.717) is 0 Å². The fraction of sp³-hybridized carbons (Fsp3) is 0.400. The molecule has 3 nitrogen and oxygen atoms in total. The minimum absolute atomic E-state index is 0.777. The third-order valence-corrected chi connectivity index (χ3v) is 8.85. The molecule has 78 valence electrons. The molecule has 0 heterocycles. The van der Waals surface area contributed by atoms with Crippen molar-refractivity contribution >= 4 is 0 Å². The van der Waals surface area contributed by atoms with Gasteiger partial charge in [0.1, 0.15) is 0 Å². The van der Waals surface area contributed by atoms with Crippen molar-refractivity contribution in [3.05, 3.63) is 35.9 Å². The van der Waals surface area contributed by atoms with Gasteiger partial charge in [0.25, 0.3) is 0 Å². The van der Waals surface area contributed by atoms with Gasteiger partial charge >= 0.3 is 91.4 Å². The molecule has 0 amide bonds. The number of hydrogen-bond donors (Lipinski definition) is 0. The summed E-state index contributed by atoms with van der Waals surface area (Å²) in [5, 5.41) is 0. The van der Waals surface area contributed by atoms with Gasteiger partial charge in [-0.3, -0.25) is 0 Å². The van der Waals surface area contributed by atoms with Crippen molar-refractivity contribution in [2.75, 3.05) is 21.3 Å². The first-order valence-electron chi connectivity index (χ1n) is 4.45. The van der Waals surface area contributed by atoms with Crippen LogP contribution in [0.5, 0.6) is 0 Å². The van der Waals surface area contributed by atoms with E-state index in [9.17, 15) is 0 Å². The molecule has 14 heavy (non-hydrogen) atoms. The number of hydrogen-bond acceptors (Lipinski definition) is 3. The molecule has 0 saturated carbocycles. The van der Waals surface area contributed by atoms with Gasteiger partial charge < -0.3 is 0 Å². The van der Waals surface area contributed by atoms with Crippen molar-refractivity contribution in [1.29, 1.82) is 0 Å². The first-order chi connectivity index (χ1) is 6.76. The Labute approximate surface area is 91.2 Å². The van der Waals surface area contributed by atoms with E-state index < -0.39 is 21.6 Å². The fourth-order valence-corrected chi connectivity index (χ4v) is 5.41. The summed E-state index contributed by atoms with van der Waals surface area (Å²) < 4.78 is 17.0. The van der Waals surface area contributed by atoms with E-state index in [1.54, 1.807) is 21.3 Å². The Bertz CT molecular complexity index is 251. The third kappa shape index (κ3) is 2.99. The molecule has 0 spiro atoms. The van der Waals surface area contributed by atoms with Crippen LogP contribution in [-0.2, 0) is 34.2 Å². The molecule has 0 unspecified atom stereocenters. The molecule has 0 aliphatic heterocycles. The van der Waals surface area contributed by atoms with E-state index in [0.717, 1.165) is 4.13 Å². The van der Waals surface area contributed by atoms with E-state index in [2.05, 4.69) is 12.1 Å². The van der Waals surface area contributed by atoms with Crippen molar-refractivity contribution in [1.82, 2.24) is 0 Å². The molecule has 0 aromatic heterocycles. The first-order valence-corrected chi connectivity index (χ1v) is 9.20. The molecule has 0 aliphatic carbocycles. The van der Waals surface area contributed by atoms with E-state index in [1.807, 2.05) is 18.2 Å². The second kappa shape index (κ2) is 5.76. The molecule has 0 radical (unpaired) electrons. The topological polar surface area (TPSA) is 27.7 Å². The van der Waals surface area contributed by atoms with Gasteiger partial charge in [-0.1, -0.05) is 0 Å². The fourth-order valence-electron chi connectivity index (χ4n) is 1.31. The second-order valence-corrected chi connectivity index (χ2v) is 10.2. The predicted molar refractivity (Wildman–Crippen MR) is 51.2 cm³/mol. The van der Waals surface area contributed by atoms with E-state index in [1.165, 1.54) is 5.56 Å². The maximum atomic E-state index is 5.41. The number of benzene rings is 1. The maximum absolute atomic E-state index is 5.41. The minimum atomic E-state index is -3.22. The van der Waals surface area contributed by atoms with Crippen molar-refractivity contribution < 1.29 is 30.0 Å². The van der Waals surface area contributed by atoms with Gasteiger partial charge in [0.2, 0.25) is 0 Å². The van der Waals surface area contributed by atoms with Crippen LogP contribution in [0, 0.1) is 0 Å². The zero-order valence-corrected chi connectivity index (χ0v) is 11.3. The van der Waals surface area contributed by atoms with Crippen LogP contribution >= 0.6 is 0 Å². The van der Waals surface area contributed by atoms with Crippen LogP contribution in [0.4, 0.5) is 0 Å². The molecular formula is C10H16O3Zr. The molecule has 1 rings (SSSR count). The molecule has 4 heteroatoms. The average Bonchev–Trinajstić information content (AvgIpc) is 2.28. The summed E-state index contributed by atoms with van der Waals surface area (Å²) in [5.41, 5.74) is 1.20. The summed E-state index contributed by atoms with van der Waals surface area (Å²) in [6.07, 6.45) is 0. The Hall–Kier alpha value is -0.0169. The van der Waals surface area contributed by atoms with Crippen molar-refractivity contribution in [3.8, 4) is 0 Å². The molecule has 1 aromatic rings. The SMILES string of the molecule is C[O][Zr]([CH2]c1ccccc1)([O]C)[O]C. The zero-order chi connectivity index (χ0) is 10.4. The summed E-state index contributed by atoms with van der Waals surface area (Å²) in [6.45, 7) is 0. The van der Waals surface area contributed by atoms with Gasteiger partial charge in [0, 0.05) is 0 Å². The summed E-state index contributed by atoms with van der Waals surface area (Å²) >= 11 is -3.22. The molecule has 0 bridgehead atoms. The monoisotopic (exact) mass is 274 g/mol. The summed E-state index contributed by atoms with van der Waals surface area (Å²) in [7, 11) is 4.98. The van der Waals surface area contributed by atoms with Crippen molar-refractivity contribution in [2.24, 2.45) is 0 Å². The van der Waals surface area contributed by atoms with E-state index in [4.69, 9.17) is 8.44 Å². The van der Waals surface area contributed by atoms with Gasteiger partial charge in [-0.2, -0.15) is 0 Å². The molecule has 0 N–H and O–H groups in total. The van der Waals surface area contributed by atoms with E-state index >= 15 is 0 Å².